The van der Waals surface area contributed by atoms with Gasteiger partial charge in [0.2, 0.25) is 5.91 Å². The molecule has 94 valence electrons. The summed E-state index contributed by atoms with van der Waals surface area (Å²) in [6, 6.07) is 9.44. The molecule has 17 heavy (non-hydrogen) atoms. The Balaban J connectivity index is 0.000000181. The van der Waals surface area contributed by atoms with Crippen LogP contribution >= 0.6 is 28.3 Å². The fourth-order valence-electron chi connectivity index (χ4n) is 1.48. The van der Waals surface area contributed by atoms with Crippen LogP contribution in [0.1, 0.15) is 13.3 Å². The Morgan fingerprint density at radius 3 is 2.35 bits per heavy atom. The number of rotatable bonds is 2. The minimum Gasteiger partial charge on any atom is -0.321 e. The first-order valence-corrected chi connectivity index (χ1v) is 9.42. The first-order chi connectivity index (χ1) is 8.15. The molecule has 1 aliphatic heterocycles. The van der Waals surface area contributed by atoms with Crippen molar-refractivity contribution in [3.8, 4) is 0 Å². The van der Waals surface area contributed by atoms with E-state index in [9.17, 15) is 4.79 Å². The quantitative estimate of drug-likeness (QED) is 0.753. The van der Waals surface area contributed by atoms with Crippen molar-refractivity contribution in [1.82, 2.24) is 4.67 Å². The number of amides is 1. The van der Waals surface area contributed by atoms with Gasteiger partial charge in [-0.3, -0.25) is 4.79 Å². The van der Waals surface area contributed by atoms with Crippen LogP contribution in [0.4, 0.5) is 0 Å². The van der Waals surface area contributed by atoms with E-state index in [0.29, 0.717) is 11.8 Å². The highest BCUT2D eigenvalue weighted by Gasteiger charge is 2.26. The molecule has 1 fully saturated rings. The Labute approximate surface area is 112 Å². The molecule has 0 aliphatic carbocycles. The largest absolute Gasteiger partial charge is 0.321 e. The Hall–Kier alpha value is -0.160. The van der Waals surface area contributed by atoms with Crippen LogP contribution in [0.2, 0.25) is 5.02 Å². The lowest BCUT2D eigenvalue weighted by molar-refractivity contribution is -0.126. The van der Waals surface area contributed by atoms with Crippen LogP contribution < -0.4 is 0 Å². The van der Waals surface area contributed by atoms with Crippen molar-refractivity contribution in [2.75, 3.05) is 13.2 Å². The number of halogens is 1. The fourth-order valence-corrected chi connectivity index (χ4v) is 3.95. The molecule has 0 radical (unpaired) electrons. The van der Waals surface area contributed by atoms with E-state index in [4.69, 9.17) is 11.6 Å². The average Bonchev–Trinajstić information content (AvgIpc) is 2.64. The molecule has 0 aromatic heterocycles. The molecule has 2 rings (SSSR count). The van der Waals surface area contributed by atoms with Gasteiger partial charge in [0.1, 0.15) is 0 Å². The summed E-state index contributed by atoms with van der Waals surface area (Å²) in [6.07, 6.45) is 1.07. The number of hydrogen-bond donors (Lipinski definition) is 0. The van der Waals surface area contributed by atoms with Gasteiger partial charge in [0, 0.05) is 25.9 Å². The van der Waals surface area contributed by atoms with Gasteiger partial charge >= 0.3 is 0 Å². The van der Waals surface area contributed by atoms with Gasteiger partial charge in [0.25, 0.3) is 0 Å². The number of benzene rings is 1. The summed E-state index contributed by atoms with van der Waals surface area (Å²) in [6.45, 7) is 5.17. The Morgan fingerprint density at radius 2 is 2.00 bits per heavy atom. The van der Waals surface area contributed by atoms with E-state index in [1.54, 1.807) is 0 Å². The molecule has 0 N–H and O–H groups in total. The second kappa shape index (κ2) is 8.03. The topological polar surface area (TPSA) is 20.3 Å². The smallest absolute Gasteiger partial charge is 0.228 e. The zero-order valence-electron chi connectivity index (χ0n) is 10.1. The first-order valence-electron chi connectivity index (χ1n) is 5.59. The van der Waals surface area contributed by atoms with E-state index < -0.39 is 0 Å². The van der Waals surface area contributed by atoms with Gasteiger partial charge in [-0.2, -0.15) is 0 Å². The highest BCUT2D eigenvalue weighted by atomic mass is 35.5. The number of carbonyl (C=O) groups is 1. The second-order valence-corrected chi connectivity index (χ2v) is 7.71. The Morgan fingerprint density at radius 1 is 1.35 bits per heavy atom. The van der Waals surface area contributed by atoms with Crippen LogP contribution in [-0.2, 0) is 4.79 Å². The maximum absolute atomic E-state index is 11.2. The van der Waals surface area contributed by atoms with E-state index in [2.05, 4.69) is 6.66 Å². The summed E-state index contributed by atoms with van der Waals surface area (Å²) in [5.41, 5.74) is 0. The summed E-state index contributed by atoms with van der Waals surface area (Å²) in [4.78, 5) is 11.2. The molecule has 1 aromatic rings. The number of hydrogen-bond acceptors (Lipinski definition) is 1. The van der Waals surface area contributed by atoms with E-state index in [0.717, 1.165) is 34.7 Å². The van der Waals surface area contributed by atoms with E-state index in [1.165, 1.54) is 0 Å². The van der Waals surface area contributed by atoms with E-state index in [1.807, 2.05) is 41.9 Å². The van der Waals surface area contributed by atoms with Crippen LogP contribution in [0.25, 0.3) is 0 Å². The predicted molar refractivity (Wildman–Crippen MR) is 79.5 cm³/mol. The lowest BCUT2D eigenvalue weighted by Crippen LogP contribution is -2.16. The highest BCUT2D eigenvalue weighted by molar-refractivity contribution is 8.10. The Kier molecular flexibility index (Phi) is 7.04. The van der Waals surface area contributed by atoms with Crippen LogP contribution in [0, 0.1) is 5.92 Å². The highest BCUT2D eigenvalue weighted by Crippen LogP contribution is 2.40. The van der Waals surface area contributed by atoms with Gasteiger partial charge in [0.05, 0.1) is 0 Å². The third-order valence-electron chi connectivity index (χ3n) is 2.45. The molecule has 0 bridgehead atoms. The third kappa shape index (κ3) is 5.34. The molecular formula is C12H18ClNOP2. The van der Waals surface area contributed by atoms with E-state index in [-0.39, 0.29) is 0 Å². The monoisotopic (exact) mass is 289 g/mol. The summed E-state index contributed by atoms with van der Waals surface area (Å²) in [7, 11) is 1.65. The molecule has 1 aromatic carbocycles. The molecule has 2 nitrogen and oxygen atoms in total. The van der Waals surface area contributed by atoms with Gasteiger partial charge in [-0.25, -0.2) is 0 Å². The van der Waals surface area contributed by atoms with Crippen molar-refractivity contribution in [2.45, 2.75) is 13.3 Å². The van der Waals surface area contributed by atoms with Crippen molar-refractivity contribution in [3.05, 3.63) is 35.4 Å². The van der Waals surface area contributed by atoms with Gasteiger partial charge in [-0.15, -0.1) is 0 Å². The van der Waals surface area contributed by atoms with Crippen molar-refractivity contribution in [3.63, 3.8) is 0 Å². The summed E-state index contributed by atoms with van der Waals surface area (Å²) in [5.74, 6) is 0.663. The van der Waals surface area contributed by atoms with Gasteiger partial charge in [-0.05, 0) is 25.2 Å². The second-order valence-electron chi connectivity index (χ2n) is 3.84. The first kappa shape index (κ1) is 14.9. The zero-order chi connectivity index (χ0) is 12.7. The number of nitrogens with zero attached hydrogens (tertiary/aromatic N) is 1. The standard InChI is InChI=1S/C6H5Cl.C6H13NOP2/c7-6-4-2-1-3-5-6;1-5-3-4-7(6(5)8)10-9-2/h1-5H;5,9-10H,3-4H2,1-2H3. The minimum atomic E-state index is 0.295. The molecule has 1 aliphatic rings. The van der Waals surface area contributed by atoms with Gasteiger partial charge in [0.15, 0.2) is 0 Å². The fraction of sp³-hybridized carbons (Fsp3) is 0.417. The van der Waals surface area contributed by atoms with Crippen molar-refractivity contribution < 1.29 is 4.79 Å². The summed E-state index contributed by atoms with van der Waals surface area (Å²) < 4.78 is 2.00. The van der Waals surface area contributed by atoms with Crippen LogP contribution in [0.5, 0.6) is 0 Å². The van der Waals surface area contributed by atoms with Crippen molar-refractivity contribution in [2.24, 2.45) is 5.92 Å². The molecule has 1 amide bonds. The summed E-state index contributed by atoms with van der Waals surface area (Å²) >= 11 is 5.54. The molecule has 0 spiro atoms. The molecule has 3 unspecified atom stereocenters. The lowest BCUT2D eigenvalue weighted by atomic mass is 10.1. The lowest BCUT2D eigenvalue weighted by Gasteiger charge is -2.13. The van der Waals surface area contributed by atoms with Crippen molar-refractivity contribution >= 4 is 34.2 Å². The third-order valence-corrected chi connectivity index (χ3v) is 5.12. The van der Waals surface area contributed by atoms with Crippen molar-refractivity contribution in [1.29, 1.82) is 0 Å². The minimum absolute atomic E-state index is 0.295. The van der Waals surface area contributed by atoms with Gasteiger partial charge in [-0.1, -0.05) is 45.0 Å². The van der Waals surface area contributed by atoms with Crippen LogP contribution in [0.15, 0.2) is 30.3 Å². The van der Waals surface area contributed by atoms with Gasteiger partial charge < -0.3 is 4.67 Å². The van der Waals surface area contributed by atoms with Crippen LogP contribution in [0.3, 0.4) is 0 Å². The molecule has 3 atom stereocenters. The van der Waals surface area contributed by atoms with Crippen LogP contribution in [-0.4, -0.2) is 23.8 Å². The normalized spacial score (nSPS) is 20.3. The zero-order valence-corrected chi connectivity index (χ0v) is 12.9. The maximum atomic E-state index is 11.2. The predicted octanol–water partition coefficient (Wildman–Crippen LogP) is 4.01. The maximum Gasteiger partial charge on any atom is 0.228 e. The van der Waals surface area contributed by atoms with E-state index >= 15 is 0 Å². The number of carbonyl (C=O) groups excluding carboxylic acids is 1. The average molecular weight is 290 g/mol. The molecule has 5 heteroatoms. The molecule has 1 heterocycles. The molecular weight excluding hydrogens is 272 g/mol. The molecule has 1 saturated heterocycles. The SMILES string of the molecule is CPPN1CCC(C)C1=O.Clc1ccccc1. The Bertz CT molecular complexity index is 346. The molecule has 0 saturated carbocycles. The summed E-state index contributed by atoms with van der Waals surface area (Å²) in [5, 5.41) is 0.794.